The second-order valence-electron chi connectivity index (χ2n) is 5.76. The third-order valence-corrected chi connectivity index (χ3v) is 3.91. The molecule has 0 bridgehead atoms. The summed E-state index contributed by atoms with van der Waals surface area (Å²) >= 11 is 0. The Morgan fingerprint density at radius 1 is 1.15 bits per heavy atom. The van der Waals surface area contributed by atoms with Gasteiger partial charge in [0, 0.05) is 16.5 Å². The number of benzene rings is 2. The number of hydrogen-bond acceptors (Lipinski definition) is 6. The highest BCUT2D eigenvalue weighted by atomic mass is 16.5. The average molecular weight is 367 g/mol. The number of likely N-dealkylation sites (N-methyl/N-ethyl adjacent to an activating group) is 1. The monoisotopic (exact) mass is 367 g/mol. The molecule has 1 atom stereocenters. The Balaban J connectivity index is 1.82. The highest BCUT2D eigenvalue weighted by molar-refractivity contribution is 6.09. The fourth-order valence-electron chi connectivity index (χ4n) is 2.52. The van der Waals surface area contributed by atoms with Gasteiger partial charge in [0.25, 0.3) is 0 Å². The molecular weight excluding hydrogens is 350 g/mol. The van der Waals surface area contributed by atoms with Gasteiger partial charge in [-0.25, -0.2) is 4.79 Å². The van der Waals surface area contributed by atoms with Crippen LogP contribution in [0.25, 0.3) is 11.0 Å². The molecule has 0 spiro atoms. The average Bonchev–Trinajstić information content (AvgIpc) is 3.09. The van der Waals surface area contributed by atoms with E-state index in [9.17, 15) is 9.59 Å². The number of nitrogens with one attached hydrogen (secondary N) is 2. The van der Waals surface area contributed by atoms with Gasteiger partial charge in [0.1, 0.15) is 17.2 Å². The molecule has 8 nitrogen and oxygen atoms in total. The van der Waals surface area contributed by atoms with Gasteiger partial charge in [-0.15, -0.1) is 0 Å². The number of amidine groups is 1. The lowest BCUT2D eigenvalue weighted by Gasteiger charge is -2.13. The first-order valence-electron chi connectivity index (χ1n) is 7.98. The summed E-state index contributed by atoms with van der Waals surface area (Å²) in [6.45, 7) is 0. The largest absolute Gasteiger partial charge is 0.477 e. The summed E-state index contributed by atoms with van der Waals surface area (Å²) in [5.41, 5.74) is 6.90. The van der Waals surface area contributed by atoms with E-state index in [0.29, 0.717) is 27.8 Å². The minimum absolute atomic E-state index is 0.0669. The maximum atomic E-state index is 12.6. The molecule has 0 saturated heterocycles. The molecule has 27 heavy (non-hydrogen) atoms. The molecule has 0 aliphatic rings. The molecule has 5 N–H and O–H groups in total. The number of ether oxygens (including phenoxy) is 1. The molecular formula is C19H17N3O5. The molecule has 3 rings (SSSR count). The molecule has 1 heterocycles. The Bertz CT molecular complexity index is 1020. The number of aliphatic carboxylic acids is 1. The molecule has 0 radical (unpaired) electrons. The number of fused-ring (bicyclic) bond motifs is 1. The zero-order chi connectivity index (χ0) is 19.6. The quantitative estimate of drug-likeness (QED) is 0.217. The van der Waals surface area contributed by atoms with E-state index in [2.05, 4.69) is 5.32 Å². The summed E-state index contributed by atoms with van der Waals surface area (Å²) in [4.78, 5) is 23.6. The SMILES string of the molecule is CNC(Oc1ccc(C(=O)c2cc3cc(C(=N)N)ccc3o2)cc1)C(=O)O. The number of ketones is 1. The van der Waals surface area contributed by atoms with E-state index in [0.717, 1.165) is 0 Å². The van der Waals surface area contributed by atoms with E-state index in [1.54, 1.807) is 24.3 Å². The Morgan fingerprint density at radius 2 is 1.81 bits per heavy atom. The third kappa shape index (κ3) is 3.80. The topological polar surface area (TPSA) is 139 Å². The van der Waals surface area contributed by atoms with Crippen LogP contribution in [0.1, 0.15) is 21.7 Å². The number of carbonyl (C=O) groups is 2. The van der Waals surface area contributed by atoms with Crippen molar-refractivity contribution in [2.45, 2.75) is 6.23 Å². The van der Waals surface area contributed by atoms with Crippen molar-refractivity contribution in [3.63, 3.8) is 0 Å². The molecule has 1 unspecified atom stereocenters. The summed E-state index contributed by atoms with van der Waals surface area (Å²) < 4.78 is 10.9. The first kappa shape index (κ1) is 18.2. The van der Waals surface area contributed by atoms with Crippen molar-refractivity contribution in [3.8, 4) is 5.75 Å². The summed E-state index contributed by atoms with van der Waals surface area (Å²) in [5.74, 6) is -1.08. The Hall–Kier alpha value is -3.65. The number of rotatable bonds is 7. The lowest BCUT2D eigenvalue weighted by molar-refractivity contribution is -0.146. The van der Waals surface area contributed by atoms with Gasteiger partial charge in [-0.1, -0.05) is 0 Å². The summed E-state index contributed by atoms with van der Waals surface area (Å²) in [6, 6.07) is 12.7. The highest BCUT2D eigenvalue weighted by Crippen LogP contribution is 2.23. The molecule has 0 saturated carbocycles. The standard InChI is InChI=1S/C19H17N3O5/c1-22-18(19(24)25)26-13-5-2-10(3-6-13)16(23)15-9-12-8-11(17(20)21)4-7-14(12)27-15/h2-9,18,22H,1H3,(H3,20,21)(H,24,25). The van der Waals surface area contributed by atoms with E-state index >= 15 is 0 Å². The number of nitrogen functional groups attached to an aromatic ring is 1. The third-order valence-electron chi connectivity index (χ3n) is 3.91. The van der Waals surface area contributed by atoms with Gasteiger partial charge in [0.15, 0.2) is 5.76 Å². The Kier molecular flexibility index (Phi) is 4.91. The smallest absolute Gasteiger partial charge is 0.360 e. The van der Waals surface area contributed by atoms with Crippen LogP contribution in [0.2, 0.25) is 0 Å². The van der Waals surface area contributed by atoms with Gasteiger partial charge >= 0.3 is 5.97 Å². The number of carboxylic acids is 1. The lowest BCUT2D eigenvalue weighted by Crippen LogP contribution is -2.39. The van der Waals surface area contributed by atoms with E-state index in [-0.39, 0.29) is 17.4 Å². The minimum Gasteiger partial charge on any atom is -0.477 e. The van der Waals surface area contributed by atoms with E-state index in [4.69, 9.17) is 25.4 Å². The van der Waals surface area contributed by atoms with E-state index < -0.39 is 12.2 Å². The van der Waals surface area contributed by atoms with Crippen molar-refractivity contribution in [1.82, 2.24) is 5.32 Å². The minimum atomic E-state index is -1.18. The first-order chi connectivity index (χ1) is 12.9. The molecule has 1 aromatic heterocycles. The van der Waals surface area contributed by atoms with Crippen LogP contribution >= 0.6 is 0 Å². The van der Waals surface area contributed by atoms with Crippen LogP contribution in [0.15, 0.2) is 52.9 Å². The van der Waals surface area contributed by atoms with E-state index in [1.807, 2.05) is 0 Å². The highest BCUT2D eigenvalue weighted by Gasteiger charge is 2.18. The van der Waals surface area contributed by atoms with Crippen molar-refractivity contribution in [2.24, 2.45) is 5.73 Å². The predicted octanol–water partition coefficient (Wildman–Crippen LogP) is 1.96. The fourth-order valence-corrected chi connectivity index (χ4v) is 2.52. The van der Waals surface area contributed by atoms with Gasteiger partial charge in [-0.05, 0) is 55.6 Å². The van der Waals surface area contributed by atoms with Crippen LogP contribution in [-0.4, -0.2) is 36.0 Å². The Morgan fingerprint density at radius 3 is 2.41 bits per heavy atom. The van der Waals surface area contributed by atoms with Crippen LogP contribution < -0.4 is 15.8 Å². The van der Waals surface area contributed by atoms with Crippen LogP contribution in [0.5, 0.6) is 5.75 Å². The van der Waals surface area contributed by atoms with Crippen molar-refractivity contribution < 1.29 is 23.8 Å². The van der Waals surface area contributed by atoms with Crippen molar-refractivity contribution >= 4 is 28.6 Å². The van der Waals surface area contributed by atoms with Crippen LogP contribution in [0.4, 0.5) is 0 Å². The molecule has 3 aromatic rings. The predicted molar refractivity (Wildman–Crippen MR) is 98.2 cm³/mol. The molecule has 0 aliphatic carbocycles. The maximum Gasteiger partial charge on any atom is 0.360 e. The van der Waals surface area contributed by atoms with Crippen LogP contribution in [-0.2, 0) is 4.79 Å². The maximum absolute atomic E-state index is 12.6. The zero-order valence-corrected chi connectivity index (χ0v) is 14.4. The van der Waals surface area contributed by atoms with Crippen LogP contribution in [0.3, 0.4) is 0 Å². The summed E-state index contributed by atoms with van der Waals surface area (Å²) in [5, 5.41) is 19.6. The van der Waals surface area contributed by atoms with Gasteiger partial charge < -0.3 is 20.0 Å². The lowest BCUT2D eigenvalue weighted by atomic mass is 10.1. The molecule has 2 aromatic carbocycles. The molecule has 138 valence electrons. The fraction of sp³-hybridized carbons (Fsp3) is 0.105. The second kappa shape index (κ2) is 7.30. The molecule has 0 amide bonds. The van der Waals surface area contributed by atoms with E-state index in [1.165, 1.54) is 31.3 Å². The van der Waals surface area contributed by atoms with Crippen molar-refractivity contribution in [1.29, 1.82) is 5.41 Å². The number of carbonyl (C=O) groups excluding carboxylic acids is 1. The molecule has 0 aliphatic heterocycles. The molecule has 8 heteroatoms. The van der Waals surface area contributed by atoms with Crippen molar-refractivity contribution in [3.05, 3.63) is 65.4 Å². The Labute approximate surface area is 154 Å². The zero-order valence-electron chi connectivity index (χ0n) is 14.4. The van der Waals surface area contributed by atoms with Gasteiger partial charge in [-0.3, -0.25) is 15.5 Å². The summed E-state index contributed by atoms with van der Waals surface area (Å²) in [7, 11) is 1.47. The number of carboxylic acid groups (broad SMARTS) is 1. The number of hydrogen-bond donors (Lipinski definition) is 4. The van der Waals surface area contributed by atoms with Gasteiger partial charge in [-0.2, -0.15) is 0 Å². The van der Waals surface area contributed by atoms with Gasteiger partial charge in [0.05, 0.1) is 0 Å². The van der Waals surface area contributed by atoms with Crippen molar-refractivity contribution in [2.75, 3.05) is 7.05 Å². The van der Waals surface area contributed by atoms with Gasteiger partial charge in [0.2, 0.25) is 12.0 Å². The first-order valence-corrected chi connectivity index (χ1v) is 7.98. The number of nitrogens with two attached hydrogens (primary N) is 1. The second-order valence-corrected chi connectivity index (χ2v) is 5.76. The summed E-state index contributed by atoms with van der Waals surface area (Å²) in [6.07, 6.45) is -1.18. The molecule has 0 fully saturated rings. The number of furan rings is 1. The van der Waals surface area contributed by atoms with Crippen LogP contribution in [0, 0.1) is 5.41 Å². The normalized spacial score (nSPS) is 11.9.